The van der Waals surface area contributed by atoms with Gasteiger partial charge in [-0.1, -0.05) is 28.1 Å². The van der Waals surface area contributed by atoms with Crippen molar-refractivity contribution in [3.63, 3.8) is 0 Å². The molecule has 100 valence electrons. The number of hydrogen-bond acceptors (Lipinski definition) is 2. The second-order valence-corrected chi connectivity index (χ2v) is 5.20. The Bertz CT molecular complexity index is 572. The summed E-state index contributed by atoms with van der Waals surface area (Å²) in [6, 6.07) is 12.7. The molecule has 0 saturated heterocycles. The molecule has 0 bridgehead atoms. The first-order valence-electron chi connectivity index (χ1n) is 6.04. The van der Waals surface area contributed by atoms with Crippen LogP contribution in [-0.2, 0) is 6.54 Å². The number of rotatable bonds is 4. The Labute approximate surface area is 121 Å². The summed E-state index contributed by atoms with van der Waals surface area (Å²) in [7, 11) is 3.84. The topological polar surface area (TPSA) is 15.3 Å². The zero-order chi connectivity index (χ0) is 13.8. The Balaban J connectivity index is 2.29. The molecule has 0 aliphatic carbocycles. The van der Waals surface area contributed by atoms with Gasteiger partial charge in [-0.05, 0) is 42.9 Å². The minimum absolute atomic E-state index is 0.227. The van der Waals surface area contributed by atoms with Gasteiger partial charge in [-0.3, -0.25) is 0 Å². The van der Waals surface area contributed by atoms with Gasteiger partial charge in [-0.15, -0.1) is 0 Å². The van der Waals surface area contributed by atoms with Gasteiger partial charge in [-0.2, -0.15) is 0 Å². The summed E-state index contributed by atoms with van der Waals surface area (Å²) in [6.07, 6.45) is 0. The summed E-state index contributed by atoms with van der Waals surface area (Å²) in [5.74, 6) is -0.227. The lowest BCUT2D eigenvalue weighted by Gasteiger charge is -2.20. The Hall–Kier alpha value is -1.39. The third-order valence-electron chi connectivity index (χ3n) is 2.99. The van der Waals surface area contributed by atoms with Crippen LogP contribution in [0.4, 0.5) is 15.8 Å². The molecular formula is C15H16BrFN2. The van der Waals surface area contributed by atoms with Gasteiger partial charge in [0, 0.05) is 29.4 Å². The highest BCUT2D eigenvalue weighted by atomic mass is 79.9. The second kappa shape index (κ2) is 6.17. The van der Waals surface area contributed by atoms with Crippen LogP contribution in [0.5, 0.6) is 0 Å². The van der Waals surface area contributed by atoms with Crippen molar-refractivity contribution < 1.29 is 4.39 Å². The number of halogens is 2. The number of nitrogens with one attached hydrogen (secondary N) is 1. The van der Waals surface area contributed by atoms with Gasteiger partial charge in [0.1, 0.15) is 5.82 Å². The molecule has 0 radical (unpaired) electrons. The first-order valence-corrected chi connectivity index (χ1v) is 6.83. The lowest BCUT2D eigenvalue weighted by atomic mass is 10.2. The molecule has 1 N–H and O–H groups in total. The lowest BCUT2D eigenvalue weighted by molar-refractivity contribution is 0.628. The molecule has 0 aliphatic heterocycles. The highest BCUT2D eigenvalue weighted by Crippen LogP contribution is 2.28. The van der Waals surface area contributed by atoms with Crippen LogP contribution in [0.2, 0.25) is 0 Å². The van der Waals surface area contributed by atoms with Crippen molar-refractivity contribution in [1.82, 2.24) is 5.32 Å². The Morgan fingerprint density at radius 2 is 1.89 bits per heavy atom. The van der Waals surface area contributed by atoms with Crippen molar-refractivity contribution >= 4 is 27.3 Å². The molecule has 2 aromatic rings. The lowest BCUT2D eigenvalue weighted by Crippen LogP contribution is -2.11. The van der Waals surface area contributed by atoms with Crippen LogP contribution in [0.25, 0.3) is 0 Å². The van der Waals surface area contributed by atoms with Crippen molar-refractivity contribution in [1.29, 1.82) is 0 Å². The summed E-state index contributed by atoms with van der Waals surface area (Å²) in [6.45, 7) is 0.810. The molecule has 0 atom stereocenters. The van der Waals surface area contributed by atoms with Crippen LogP contribution in [0, 0.1) is 5.82 Å². The van der Waals surface area contributed by atoms with Crippen molar-refractivity contribution in [2.45, 2.75) is 6.54 Å². The van der Waals surface area contributed by atoms with Gasteiger partial charge < -0.3 is 10.2 Å². The van der Waals surface area contributed by atoms with Gasteiger partial charge in [0.15, 0.2) is 0 Å². The molecule has 2 rings (SSSR count). The highest BCUT2D eigenvalue weighted by Gasteiger charge is 2.07. The Kier molecular flexibility index (Phi) is 4.56. The number of benzene rings is 2. The average molecular weight is 323 g/mol. The standard InChI is InChI=1S/C15H16BrFN2/c1-18-10-11-6-7-14(9-15(11)16)19(2)13-5-3-4-12(17)8-13/h3-9,18H,10H2,1-2H3. The minimum atomic E-state index is -0.227. The SMILES string of the molecule is CNCc1ccc(N(C)c2cccc(F)c2)cc1Br. The second-order valence-electron chi connectivity index (χ2n) is 4.34. The van der Waals surface area contributed by atoms with Crippen LogP contribution >= 0.6 is 15.9 Å². The molecule has 0 saturated carbocycles. The van der Waals surface area contributed by atoms with Gasteiger partial charge >= 0.3 is 0 Å². The van der Waals surface area contributed by atoms with Gasteiger partial charge in [0.2, 0.25) is 0 Å². The summed E-state index contributed by atoms with van der Waals surface area (Å²) in [5.41, 5.74) is 3.03. The van der Waals surface area contributed by atoms with E-state index >= 15 is 0 Å². The maximum Gasteiger partial charge on any atom is 0.125 e. The van der Waals surface area contributed by atoms with Crippen molar-refractivity contribution in [3.05, 3.63) is 58.3 Å². The highest BCUT2D eigenvalue weighted by molar-refractivity contribution is 9.10. The van der Waals surface area contributed by atoms with Crippen LogP contribution in [-0.4, -0.2) is 14.1 Å². The van der Waals surface area contributed by atoms with E-state index in [9.17, 15) is 4.39 Å². The largest absolute Gasteiger partial charge is 0.345 e. The fourth-order valence-corrected chi connectivity index (χ4v) is 2.42. The summed E-state index contributed by atoms with van der Waals surface area (Å²) < 4.78 is 14.3. The van der Waals surface area contributed by atoms with Crippen LogP contribution in [0.1, 0.15) is 5.56 Å². The molecule has 0 fully saturated rings. The number of hydrogen-bond donors (Lipinski definition) is 1. The van der Waals surface area contributed by atoms with Crippen molar-refractivity contribution in [3.8, 4) is 0 Å². The first-order chi connectivity index (χ1) is 9.11. The maximum absolute atomic E-state index is 13.2. The van der Waals surface area contributed by atoms with Gasteiger partial charge in [0.25, 0.3) is 0 Å². The predicted octanol–water partition coefficient (Wildman–Crippen LogP) is 4.08. The molecule has 0 unspecified atom stereocenters. The van der Waals surface area contributed by atoms with E-state index in [4.69, 9.17) is 0 Å². The smallest absolute Gasteiger partial charge is 0.125 e. The minimum Gasteiger partial charge on any atom is -0.345 e. The summed E-state index contributed by atoms with van der Waals surface area (Å²) in [4.78, 5) is 1.96. The molecule has 0 aliphatic rings. The summed E-state index contributed by atoms with van der Waals surface area (Å²) in [5, 5.41) is 3.12. The number of nitrogens with zero attached hydrogens (tertiary/aromatic N) is 1. The fraction of sp³-hybridized carbons (Fsp3) is 0.200. The zero-order valence-electron chi connectivity index (χ0n) is 11.0. The van der Waals surface area contributed by atoms with Crippen molar-refractivity contribution in [2.24, 2.45) is 0 Å². The average Bonchev–Trinajstić information content (AvgIpc) is 2.40. The first kappa shape index (κ1) is 14.0. The van der Waals surface area contributed by atoms with E-state index in [-0.39, 0.29) is 5.82 Å². The molecule has 19 heavy (non-hydrogen) atoms. The molecular weight excluding hydrogens is 307 g/mol. The molecule has 2 aromatic carbocycles. The third kappa shape index (κ3) is 3.33. The molecule has 2 nitrogen and oxygen atoms in total. The molecule has 0 aromatic heterocycles. The Morgan fingerprint density at radius 3 is 2.53 bits per heavy atom. The predicted molar refractivity (Wildman–Crippen MR) is 81.4 cm³/mol. The van der Waals surface area contributed by atoms with Crippen molar-refractivity contribution in [2.75, 3.05) is 19.0 Å². The quantitative estimate of drug-likeness (QED) is 0.912. The fourth-order valence-electron chi connectivity index (χ4n) is 1.91. The normalized spacial score (nSPS) is 10.5. The molecule has 0 heterocycles. The van der Waals surface area contributed by atoms with E-state index in [2.05, 4.69) is 27.3 Å². The molecule has 0 spiro atoms. The molecule has 4 heteroatoms. The zero-order valence-corrected chi connectivity index (χ0v) is 12.5. The number of anilines is 2. The van der Waals surface area contributed by atoms with Gasteiger partial charge in [-0.25, -0.2) is 4.39 Å². The van der Waals surface area contributed by atoms with E-state index in [1.807, 2.05) is 37.2 Å². The third-order valence-corrected chi connectivity index (χ3v) is 3.72. The maximum atomic E-state index is 13.2. The van der Waals surface area contributed by atoms with Crippen LogP contribution in [0.3, 0.4) is 0 Å². The van der Waals surface area contributed by atoms with E-state index < -0.39 is 0 Å². The van der Waals surface area contributed by atoms with E-state index in [1.165, 1.54) is 17.7 Å². The van der Waals surface area contributed by atoms with E-state index in [1.54, 1.807) is 6.07 Å². The van der Waals surface area contributed by atoms with E-state index in [0.29, 0.717) is 0 Å². The van der Waals surface area contributed by atoms with Crippen LogP contribution in [0.15, 0.2) is 46.9 Å². The molecule has 0 amide bonds. The monoisotopic (exact) mass is 322 g/mol. The van der Waals surface area contributed by atoms with Gasteiger partial charge in [0.05, 0.1) is 0 Å². The van der Waals surface area contributed by atoms with Crippen LogP contribution < -0.4 is 10.2 Å². The summed E-state index contributed by atoms with van der Waals surface area (Å²) >= 11 is 3.56. The van der Waals surface area contributed by atoms with E-state index in [0.717, 1.165) is 22.4 Å². The Morgan fingerprint density at radius 1 is 1.16 bits per heavy atom.